The van der Waals surface area contributed by atoms with E-state index in [1.807, 2.05) is 4.90 Å². The predicted molar refractivity (Wildman–Crippen MR) is 107 cm³/mol. The van der Waals surface area contributed by atoms with Crippen LogP contribution in [0.4, 0.5) is 11.4 Å². The van der Waals surface area contributed by atoms with Crippen LogP contribution in [0.1, 0.15) is 30.9 Å². The normalized spacial score (nSPS) is 18.0. The van der Waals surface area contributed by atoms with E-state index in [9.17, 15) is 4.79 Å². The molecule has 2 aromatic carbocycles. The molecule has 0 radical (unpaired) electrons. The minimum absolute atomic E-state index is 0.134. The molecule has 1 amide bonds. The van der Waals surface area contributed by atoms with Crippen molar-refractivity contribution in [2.24, 2.45) is 0 Å². The average Bonchev–Trinajstić information content (AvgIpc) is 3.08. The van der Waals surface area contributed by atoms with Crippen LogP contribution in [0.15, 0.2) is 48.5 Å². The zero-order chi connectivity index (χ0) is 17.9. The van der Waals surface area contributed by atoms with Crippen molar-refractivity contribution in [3.05, 3.63) is 59.7 Å². The second kappa shape index (κ2) is 7.50. The van der Waals surface area contributed by atoms with E-state index in [2.05, 4.69) is 58.7 Å². The van der Waals surface area contributed by atoms with Gasteiger partial charge in [0.05, 0.1) is 0 Å². The number of benzene rings is 2. The molecule has 2 aliphatic heterocycles. The van der Waals surface area contributed by atoms with Crippen molar-refractivity contribution in [3.63, 3.8) is 0 Å². The lowest BCUT2D eigenvalue weighted by molar-refractivity contribution is -0.116. The molecule has 0 atom stereocenters. The number of amides is 1. The summed E-state index contributed by atoms with van der Waals surface area (Å²) in [5.41, 5.74) is 4.95. The standard InChI is InChI=1S/C22H27N3O/c1-17(26)25-14-9-19-15-21(7-8-22(19)25)23-20-10-12-24(13-11-20)16-18-5-3-2-4-6-18/h2-8,15,20,23H,9-14,16H2,1H3. The number of anilines is 2. The Morgan fingerprint density at radius 3 is 2.58 bits per heavy atom. The second-order valence-electron chi connectivity index (χ2n) is 7.44. The molecule has 1 N–H and O–H groups in total. The van der Waals surface area contributed by atoms with Crippen LogP contribution >= 0.6 is 0 Å². The van der Waals surface area contributed by atoms with Gasteiger partial charge in [0.2, 0.25) is 5.91 Å². The molecule has 0 bridgehead atoms. The summed E-state index contributed by atoms with van der Waals surface area (Å²) in [6.45, 7) is 5.77. The number of likely N-dealkylation sites (tertiary alicyclic amines) is 1. The molecule has 0 spiro atoms. The van der Waals surface area contributed by atoms with Crippen molar-refractivity contribution in [3.8, 4) is 0 Å². The van der Waals surface area contributed by atoms with Gasteiger partial charge in [0.15, 0.2) is 0 Å². The van der Waals surface area contributed by atoms with Gasteiger partial charge < -0.3 is 10.2 Å². The first kappa shape index (κ1) is 17.1. The van der Waals surface area contributed by atoms with Crippen molar-refractivity contribution in [1.29, 1.82) is 0 Å². The number of piperidine rings is 1. The van der Waals surface area contributed by atoms with Gasteiger partial charge in [-0.2, -0.15) is 0 Å². The molecule has 0 aliphatic carbocycles. The summed E-state index contributed by atoms with van der Waals surface area (Å²) in [6.07, 6.45) is 3.30. The van der Waals surface area contributed by atoms with Crippen molar-refractivity contribution in [2.45, 2.75) is 38.8 Å². The van der Waals surface area contributed by atoms with Crippen LogP contribution in [-0.4, -0.2) is 36.5 Å². The Morgan fingerprint density at radius 2 is 1.85 bits per heavy atom. The van der Waals surface area contributed by atoms with Crippen LogP contribution in [0.2, 0.25) is 0 Å². The largest absolute Gasteiger partial charge is 0.382 e. The van der Waals surface area contributed by atoms with E-state index in [1.165, 1.54) is 29.7 Å². The van der Waals surface area contributed by atoms with Gasteiger partial charge in [-0.05, 0) is 48.6 Å². The molecule has 4 nitrogen and oxygen atoms in total. The molecule has 4 heteroatoms. The smallest absolute Gasteiger partial charge is 0.223 e. The number of hydrogen-bond donors (Lipinski definition) is 1. The summed E-state index contributed by atoms with van der Waals surface area (Å²) >= 11 is 0. The molecule has 26 heavy (non-hydrogen) atoms. The minimum atomic E-state index is 0.134. The molecule has 0 saturated carbocycles. The van der Waals surface area contributed by atoms with Crippen molar-refractivity contribution in [2.75, 3.05) is 29.9 Å². The number of carbonyl (C=O) groups is 1. The Kier molecular flexibility index (Phi) is 4.93. The molecule has 0 aromatic heterocycles. The fourth-order valence-corrected chi connectivity index (χ4v) is 4.13. The highest BCUT2D eigenvalue weighted by Gasteiger charge is 2.23. The number of carbonyl (C=O) groups excluding carboxylic acids is 1. The maximum Gasteiger partial charge on any atom is 0.223 e. The van der Waals surface area contributed by atoms with E-state index >= 15 is 0 Å². The van der Waals surface area contributed by atoms with Gasteiger partial charge in [-0.3, -0.25) is 9.69 Å². The summed E-state index contributed by atoms with van der Waals surface area (Å²) in [5, 5.41) is 3.71. The monoisotopic (exact) mass is 349 g/mol. The number of nitrogens with one attached hydrogen (secondary N) is 1. The fraction of sp³-hybridized carbons (Fsp3) is 0.409. The topological polar surface area (TPSA) is 35.6 Å². The zero-order valence-electron chi connectivity index (χ0n) is 15.4. The molecule has 0 unspecified atom stereocenters. The molecule has 2 aliphatic rings. The first-order valence-electron chi connectivity index (χ1n) is 9.63. The minimum Gasteiger partial charge on any atom is -0.382 e. The summed E-state index contributed by atoms with van der Waals surface area (Å²) in [7, 11) is 0. The lowest BCUT2D eigenvalue weighted by Gasteiger charge is -2.33. The first-order chi connectivity index (χ1) is 12.7. The summed E-state index contributed by atoms with van der Waals surface area (Å²) in [5.74, 6) is 0.134. The van der Waals surface area contributed by atoms with E-state index in [0.29, 0.717) is 6.04 Å². The number of fused-ring (bicyclic) bond motifs is 1. The maximum absolute atomic E-state index is 11.7. The second-order valence-corrected chi connectivity index (χ2v) is 7.44. The van der Waals surface area contributed by atoms with Gasteiger partial charge in [0, 0.05) is 50.5 Å². The average molecular weight is 349 g/mol. The van der Waals surface area contributed by atoms with Crippen molar-refractivity contribution >= 4 is 17.3 Å². The van der Waals surface area contributed by atoms with E-state index in [0.717, 1.165) is 38.3 Å². The Bertz CT molecular complexity index is 766. The predicted octanol–water partition coefficient (Wildman–Crippen LogP) is 3.67. The summed E-state index contributed by atoms with van der Waals surface area (Å²) in [4.78, 5) is 16.1. The molecule has 2 heterocycles. The van der Waals surface area contributed by atoms with Crippen molar-refractivity contribution < 1.29 is 4.79 Å². The van der Waals surface area contributed by atoms with Gasteiger partial charge in [0.1, 0.15) is 0 Å². The first-order valence-corrected chi connectivity index (χ1v) is 9.63. The molecular weight excluding hydrogens is 322 g/mol. The van der Waals surface area contributed by atoms with E-state index in [4.69, 9.17) is 0 Å². The third-order valence-electron chi connectivity index (χ3n) is 5.56. The quantitative estimate of drug-likeness (QED) is 0.915. The maximum atomic E-state index is 11.7. The van der Waals surface area contributed by atoms with Gasteiger partial charge in [-0.1, -0.05) is 30.3 Å². The summed E-state index contributed by atoms with van der Waals surface area (Å²) in [6, 6.07) is 17.7. The number of rotatable bonds is 4. The molecule has 1 saturated heterocycles. The van der Waals surface area contributed by atoms with Crippen LogP contribution < -0.4 is 10.2 Å². The Labute approximate surface area is 155 Å². The Hall–Kier alpha value is -2.33. The third-order valence-corrected chi connectivity index (χ3v) is 5.56. The Balaban J connectivity index is 1.32. The molecule has 4 rings (SSSR count). The SMILES string of the molecule is CC(=O)N1CCc2cc(NC3CCN(Cc4ccccc4)CC3)ccc21. The van der Waals surface area contributed by atoms with E-state index in [-0.39, 0.29) is 5.91 Å². The van der Waals surface area contributed by atoms with Gasteiger partial charge in [-0.15, -0.1) is 0 Å². The van der Waals surface area contributed by atoms with Gasteiger partial charge in [-0.25, -0.2) is 0 Å². The third kappa shape index (κ3) is 3.75. The van der Waals surface area contributed by atoms with Crippen LogP contribution in [0.25, 0.3) is 0 Å². The lowest BCUT2D eigenvalue weighted by atomic mass is 10.0. The van der Waals surface area contributed by atoms with Crippen LogP contribution in [0.5, 0.6) is 0 Å². The molecular formula is C22H27N3O. The molecule has 1 fully saturated rings. The van der Waals surface area contributed by atoms with Crippen LogP contribution in [-0.2, 0) is 17.8 Å². The Morgan fingerprint density at radius 1 is 1.08 bits per heavy atom. The molecule has 2 aromatic rings. The lowest BCUT2D eigenvalue weighted by Crippen LogP contribution is -2.38. The van der Waals surface area contributed by atoms with E-state index in [1.54, 1.807) is 6.92 Å². The van der Waals surface area contributed by atoms with Gasteiger partial charge in [0.25, 0.3) is 0 Å². The van der Waals surface area contributed by atoms with Gasteiger partial charge >= 0.3 is 0 Å². The molecule has 136 valence electrons. The highest BCUT2D eigenvalue weighted by Crippen LogP contribution is 2.31. The van der Waals surface area contributed by atoms with Crippen LogP contribution in [0.3, 0.4) is 0 Å². The fourth-order valence-electron chi connectivity index (χ4n) is 4.13. The number of hydrogen-bond acceptors (Lipinski definition) is 3. The highest BCUT2D eigenvalue weighted by molar-refractivity contribution is 5.94. The summed E-state index contributed by atoms with van der Waals surface area (Å²) < 4.78 is 0. The van der Waals surface area contributed by atoms with Crippen LogP contribution in [0, 0.1) is 0 Å². The van der Waals surface area contributed by atoms with Crippen molar-refractivity contribution in [1.82, 2.24) is 4.90 Å². The highest BCUT2D eigenvalue weighted by atomic mass is 16.2. The number of nitrogens with zero attached hydrogens (tertiary/aromatic N) is 2. The van der Waals surface area contributed by atoms with E-state index < -0.39 is 0 Å². The zero-order valence-corrected chi connectivity index (χ0v) is 15.4.